The summed E-state index contributed by atoms with van der Waals surface area (Å²) in [7, 11) is 0. The number of alkyl halides is 6. The van der Waals surface area contributed by atoms with Crippen LogP contribution in [0, 0.1) is 0 Å². The Bertz CT molecular complexity index is 321. The second-order valence-electron chi connectivity index (χ2n) is 2.76. The molecule has 0 bridgehead atoms. The Morgan fingerprint density at radius 1 is 0.889 bits per heavy atom. The van der Waals surface area contributed by atoms with E-state index in [4.69, 9.17) is 0 Å². The van der Waals surface area contributed by atoms with E-state index < -0.39 is 36.8 Å². The predicted octanol–water partition coefficient (Wildman–Crippen LogP) is 4.24. The molecule has 0 saturated carbocycles. The van der Waals surface area contributed by atoms with E-state index in [9.17, 15) is 39.5 Å². The largest absolute Gasteiger partial charge is 0.496 e. The molecule has 108 valence electrons. The predicted molar refractivity (Wildman–Crippen MR) is 37.7 cm³/mol. The van der Waals surface area contributed by atoms with Crippen LogP contribution in [0.5, 0.6) is 0 Å². The molecule has 2 nitrogen and oxygen atoms in total. The molecule has 0 aromatic rings. The number of hydrogen-bond donors (Lipinski definition) is 0. The van der Waals surface area contributed by atoms with Crippen LogP contribution in [-0.2, 0) is 9.47 Å². The van der Waals surface area contributed by atoms with Gasteiger partial charge in [0.05, 0.1) is 0 Å². The highest BCUT2D eigenvalue weighted by Gasteiger charge is 2.65. The van der Waals surface area contributed by atoms with Crippen molar-refractivity contribution in [2.45, 2.75) is 31.7 Å². The van der Waals surface area contributed by atoms with E-state index in [2.05, 4.69) is 9.47 Å². The van der Waals surface area contributed by atoms with Gasteiger partial charge in [-0.1, -0.05) is 6.92 Å². The van der Waals surface area contributed by atoms with Crippen LogP contribution >= 0.6 is 0 Å². The summed E-state index contributed by atoms with van der Waals surface area (Å²) in [5.41, 5.74) is 0. The second kappa shape index (κ2) is 5.24. The molecule has 0 rings (SSSR count). The van der Waals surface area contributed by atoms with Crippen LogP contribution in [0.3, 0.4) is 0 Å². The van der Waals surface area contributed by atoms with Crippen molar-refractivity contribution >= 4 is 0 Å². The minimum Gasteiger partial charge on any atom is -0.396 e. The third kappa shape index (κ3) is 4.27. The molecule has 0 aromatic carbocycles. The van der Waals surface area contributed by atoms with Crippen LogP contribution < -0.4 is 0 Å². The zero-order chi connectivity index (χ0) is 14.8. The fraction of sp³-hybridized carbons (Fsp3) is 0.714. The summed E-state index contributed by atoms with van der Waals surface area (Å²) in [5, 5.41) is 0. The summed E-state index contributed by atoms with van der Waals surface area (Å²) in [6.07, 6.45) is -21.6. The lowest BCUT2D eigenvalue weighted by atomic mass is 10.4. The van der Waals surface area contributed by atoms with Crippen molar-refractivity contribution in [1.82, 2.24) is 0 Å². The van der Waals surface area contributed by atoms with Crippen molar-refractivity contribution in [3.05, 3.63) is 12.1 Å². The minimum atomic E-state index is -6.04. The van der Waals surface area contributed by atoms with Crippen LogP contribution in [0.4, 0.5) is 39.5 Å². The molecule has 0 radical (unpaired) electrons. The second-order valence-corrected chi connectivity index (χ2v) is 2.76. The molecule has 0 aromatic heterocycles. The van der Waals surface area contributed by atoms with Gasteiger partial charge in [0, 0.05) is 6.42 Å². The molecule has 0 heterocycles. The number of rotatable bonds is 6. The van der Waals surface area contributed by atoms with E-state index in [1.54, 1.807) is 0 Å². The summed E-state index contributed by atoms with van der Waals surface area (Å²) >= 11 is 0. The van der Waals surface area contributed by atoms with E-state index in [1.807, 2.05) is 0 Å². The minimum absolute atomic E-state index is 0.622. The monoisotopic (exact) mass is 292 g/mol. The van der Waals surface area contributed by atoms with Crippen LogP contribution in [0.1, 0.15) is 13.3 Å². The highest BCUT2D eigenvalue weighted by molar-refractivity contribution is 4.84. The molecule has 0 aliphatic carbocycles. The maximum atomic E-state index is 12.5. The third-order valence-electron chi connectivity index (χ3n) is 1.39. The summed E-state index contributed by atoms with van der Waals surface area (Å²) < 4.78 is 114. The summed E-state index contributed by atoms with van der Waals surface area (Å²) in [6, 6.07) is -3.33. The van der Waals surface area contributed by atoms with E-state index >= 15 is 0 Å². The molecule has 11 heteroatoms. The van der Waals surface area contributed by atoms with Gasteiger partial charge in [-0.15, -0.1) is 0 Å². The number of halogens is 9. The first-order valence-electron chi connectivity index (χ1n) is 4.08. The van der Waals surface area contributed by atoms with Gasteiger partial charge in [-0.2, -0.15) is 39.5 Å². The molecule has 0 aliphatic rings. The first-order valence-corrected chi connectivity index (χ1v) is 4.08. The lowest BCUT2D eigenvalue weighted by Gasteiger charge is -2.27. The SMILES string of the molecule is CCC(F)(F)OC(F)(F)C(F)(F)OC(F)=C(F)F. The quantitative estimate of drug-likeness (QED) is 0.538. The highest BCUT2D eigenvalue weighted by atomic mass is 19.3. The Morgan fingerprint density at radius 3 is 1.67 bits per heavy atom. The fourth-order valence-electron chi connectivity index (χ4n) is 0.530. The summed E-state index contributed by atoms with van der Waals surface area (Å²) in [6.45, 7) is 0.622. The van der Waals surface area contributed by atoms with Crippen molar-refractivity contribution < 1.29 is 49.0 Å². The van der Waals surface area contributed by atoms with Gasteiger partial charge in [-0.25, -0.2) is 4.74 Å². The standard InChI is InChI=1S/C7H5F9O2/c1-2-5(11,12)18-7(15,16)6(13,14)17-4(10)3(8)9/h2H2,1H3. The van der Waals surface area contributed by atoms with Gasteiger partial charge in [0.2, 0.25) is 0 Å². The van der Waals surface area contributed by atoms with Crippen molar-refractivity contribution in [1.29, 1.82) is 0 Å². The first kappa shape index (κ1) is 16.9. The number of ether oxygens (including phenoxy) is 2. The van der Waals surface area contributed by atoms with Crippen molar-refractivity contribution in [3.63, 3.8) is 0 Å². The molecular weight excluding hydrogens is 287 g/mol. The Hall–Kier alpha value is -1.13. The van der Waals surface area contributed by atoms with Crippen LogP contribution in [0.15, 0.2) is 12.1 Å². The van der Waals surface area contributed by atoms with E-state index in [0.29, 0.717) is 6.92 Å². The summed E-state index contributed by atoms with van der Waals surface area (Å²) in [5.74, 6) is 0. The first-order chi connectivity index (χ1) is 7.84. The topological polar surface area (TPSA) is 18.5 Å². The zero-order valence-corrected chi connectivity index (χ0v) is 8.43. The highest BCUT2D eigenvalue weighted by Crippen LogP contribution is 2.42. The average Bonchev–Trinajstić information content (AvgIpc) is 2.15. The Labute approximate surface area is 94.0 Å². The van der Waals surface area contributed by atoms with Crippen molar-refractivity contribution in [3.8, 4) is 0 Å². The molecular formula is C7H5F9O2. The van der Waals surface area contributed by atoms with Gasteiger partial charge in [-0.3, -0.25) is 0 Å². The van der Waals surface area contributed by atoms with Crippen molar-refractivity contribution in [2.24, 2.45) is 0 Å². The van der Waals surface area contributed by atoms with E-state index in [1.165, 1.54) is 0 Å². The smallest absolute Gasteiger partial charge is 0.396 e. The molecule has 0 fully saturated rings. The van der Waals surface area contributed by atoms with Gasteiger partial charge in [0.1, 0.15) is 0 Å². The molecule has 18 heavy (non-hydrogen) atoms. The fourth-order valence-corrected chi connectivity index (χ4v) is 0.530. The van der Waals surface area contributed by atoms with Gasteiger partial charge < -0.3 is 4.74 Å². The summed E-state index contributed by atoms with van der Waals surface area (Å²) in [4.78, 5) is 0. The van der Waals surface area contributed by atoms with Crippen LogP contribution in [0.25, 0.3) is 0 Å². The van der Waals surface area contributed by atoms with Crippen LogP contribution in [-0.4, -0.2) is 18.3 Å². The molecule has 0 N–H and O–H groups in total. The van der Waals surface area contributed by atoms with E-state index in [0.717, 1.165) is 0 Å². The molecule has 0 spiro atoms. The van der Waals surface area contributed by atoms with Crippen LogP contribution in [0.2, 0.25) is 0 Å². The normalized spacial score (nSPS) is 13.4. The molecule has 0 unspecified atom stereocenters. The third-order valence-corrected chi connectivity index (χ3v) is 1.39. The number of hydrogen-bond acceptors (Lipinski definition) is 2. The van der Waals surface area contributed by atoms with Gasteiger partial charge >= 0.3 is 30.4 Å². The Kier molecular flexibility index (Phi) is 4.91. The van der Waals surface area contributed by atoms with Crippen molar-refractivity contribution in [2.75, 3.05) is 0 Å². The molecule has 0 saturated heterocycles. The maximum absolute atomic E-state index is 12.5. The lowest BCUT2D eigenvalue weighted by molar-refractivity contribution is -0.477. The zero-order valence-electron chi connectivity index (χ0n) is 8.43. The lowest BCUT2D eigenvalue weighted by Crippen LogP contribution is -2.48. The Morgan fingerprint density at radius 2 is 1.33 bits per heavy atom. The van der Waals surface area contributed by atoms with Gasteiger partial charge in [0.15, 0.2) is 0 Å². The molecule has 0 amide bonds. The maximum Gasteiger partial charge on any atom is 0.496 e. The Balaban J connectivity index is 5.03. The van der Waals surface area contributed by atoms with Gasteiger partial charge in [0.25, 0.3) is 0 Å². The van der Waals surface area contributed by atoms with E-state index in [-0.39, 0.29) is 0 Å². The van der Waals surface area contributed by atoms with Gasteiger partial charge in [-0.05, 0) is 0 Å². The molecule has 0 atom stereocenters. The average molecular weight is 292 g/mol. The molecule has 0 aliphatic heterocycles.